The fourth-order valence-electron chi connectivity index (χ4n) is 3.77. The van der Waals surface area contributed by atoms with E-state index in [1.165, 1.54) is 43.9 Å². The van der Waals surface area contributed by atoms with E-state index in [9.17, 15) is 0 Å². The molecule has 0 aliphatic heterocycles. The van der Waals surface area contributed by atoms with Crippen LogP contribution in [0.4, 0.5) is 0 Å². The third kappa shape index (κ3) is 3.10. The van der Waals surface area contributed by atoms with Crippen molar-refractivity contribution in [2.24, 2.45) is 0 Å². The van der Waals surface area contributed by atoms with Crippen molar-refractivity contribution in [2.75, 3.05) is 0 Å². The van der Waals surface area contributed by atoms with Gasteiger partial charge in [-0.25, -0.2) is 0 Å². The highest BCUT2D eigenvalue weighted by atomic mass is 14.7. The van der Waals surface area contributed by atoms with Crippen LogP contribution in [0.3, 0.4) is 0 Å². The molecule has 0 saturated heterocycles. The SMILES string of the molecule is Bc1cc(-c2nc(B)c(C(C)(C)C)c(B)c2B)c(B)c(B)c1B. The van der Waals surface area contributed by atoms with Gasteiger partial charge in [0, 0.05) is 0 Å². The number of hydrogen-bond acceptors (Lipinski definition) is 1. The normalized spacial score (nSPS) is 11.6. The molecule has 0 saturated carbocycles. The molecule has 110 valence electrons. The van der Waals surface area contributed by atoms with Gasteiger partial charge >= 0.3 is 0 Å². The van der Waals surface area contributed by atoms with Crippen LogP contribution in [0.5, 0.6) is 0 Å². The van der Waals surface area contributed by atoms with E-state index in [4.69, 9.17) is 4.98 Å². The summed E-state index contributed by atoms with van der Waals surface area (Å²) < 4.78 is 0. The Labute approximate surface area is 147 Å². The molecule has 0 N–H and O–H groups in total. The molecule has 0 fully saturated rings. The Balaban J connectivity index is 2.83. The maximum absolute atomic E-state index is 5.04. The second-order valence-corrected chi connectivity index (χ2v) is 8.04. The van der Waals surface area contributed by atoms with Gasteiger partial charge in [-0.3, -0.25) is 4.98 Å². The van der Waals surface area contributed by atoms with Gasteiger partial charge in [0.15, 0.2) is 7.85 Å². The molecule has 0 radical (unpaired) electrons. The Morgan fingerprint density at radius 2 is 1.30 bits per heavy atom. The predicted octanol–water partition coefficient (Wildman–Crippen LogP) is -8.15. The molecular weight excluding hydrogens is 270 g/mol. The smallest absolute Gasteiger partial charge is 0.164 e. The van der Waals surface area contributed by atoms with Crippen molar-refractivity contribution in [3.05, 3.63) is 11.6 Å². The molecule has 0 bridgehead atoms. The molecule has 1 aromatic heterocycles. The van der Waals surface area contributed by atoms with Crippen LogP contribution >= 0.6 is 0 Å². The fourth-order valence-corrected chi connectivity index (χ4v) is 3.77. The molecule has 0 unspecified atom stereocenters. The molecule has 1 heterocycles. The van der Waals surface area contributed by atoms with Crippen molar-refractivity contribution in [3.8, 4) is 11.3 Å². The minimum absolute atomic E-state index is 0.124. The first kappa shape index (κ1) is 18.2. The van der Waals surface area contributed by atoms with Gasteiger partial charge in [0.05, 0.1) is 5.69 Å². The van der Waals surface area contributed by atoms with E-state index in [2.05, 4.69) is 81.8 Å². The minimum Gasteiger partial charge on any atom is -0.264 e. The van der Waals surface area contributed by atoms with Crippen molar-refractivity contribution < 1.29 is 0 Å². The summed E-state index contributed by atoms with van der Waals surface area (Å²) in [5.41, 5.74) is 13.3. The van der Waals surface area contributed by atoms with Crippen LogP contribution in [0.2, 0.25) is 0 Å². The average molecular weight is 294 g/mol. The van der Waals surface area contributed by atoms with E-state index in [0.717, 1.165) is 11.3 Å². The first-order valence-electron chi connectivity index (χ1n) is 8.52. The van der Waals surface area contributed by atoms with Crippen molar-refractivity contribution >= 4 is 93.3 Å². The molecule has 0 atom stereocenters. The molecule has 0 aliphatic rings. The van der Waals surface area contributed by atoms with E-state index >= 15 is 0 Å². The Morgan fingerprint density at radius 1 is 0.739 bits per heavy atom. The Bertz CT molecular complexity index is 794. The van der Waals surface area contributed by atoms with Gasteiger partial charge in [-0.1, -0.05) is 48.7 Å². The lowest BCUT2D eigenvalue weighted by Gasteiger charge is -2.27. The van der Waals surface area contributed by atoms with Gasteiger partial charge in [0.25, 0.3) is 0 Å². The van der Waals surface area contributed by atoms with Gasteiger partial charge in [-0.15, -0.1) is 10.9 Å². The maximum atomic E-state index is 5.04. The summed E-state index contributed by atoms with van der Waals surface area (Å²) in [7, 11) is 15.5. The highest BCUT2D eigenvalue weighted by Crippen LogP contribution is 2.18. The standard InChI is InChI=1S/C15H24B7N/c1-15(2,3)7-10(19)12(21)13(23-14(7)22)5-4-6(16)9(18)11(20)8(5)17/h4H,16-22H2,1-3H3. The summed E-state index contributed by atoms with van der Waals surface area (Å²) in [6, 6.07) is 2.31. The number of hydrogen-bond donors (Lipinski definition) is 0. The lowest BCUT2D eigenvalue weighted by atomic mass is 9.63. The van der Waals surface area contributed by atoms with Crippen LogP contribution in [0.1, 0.15) is 26.3 Å². The van der Waals surface area contributed by atoms with E-state index in [-0.39, 0.29) is 5.41 Å². The Morgan fingerprint density at radius 3 is 1.83 bits per heavy atom. The van der Waals surface area contributed by atoms with Crippen LogP contribution in [-0.2, 0) is 5.41 Å². The number of benzene rings is 1. The highest BCUT2D eigenvalue weighted by molar-refractivity contribution is 6.64. The lowest BCUT2D eigenvalue weighted by molar-refractivity contribution is 0.596. The van der Waals surface area contributed by atoms with E-state index in [1.807, 2.05) is 0 Å². The molecule has 2 rings (SSSR count). The third-order valence-electron chi connectivity index (χ3n) is 5.42. The molecule has 1 aromatic carbocycles. The van der Waals surface area contributed by atoms with Crippen LogP contribution < -0.4 is 38.4 Å². The van der Waals surface area contributed by atoms with Gasteiger partial charge < -0.3 is 0 Å². The maximum Gasteiger partial charge on any atom is 0.164 e. The molecular formula is C15H24B7N. The fraction of sp³-hybridized carbons (Fsp3) is 0.267. The largest absolute Gasteiger partial charge is 0.264 e. The average Bonchev–Trinajstić information content (AvgIpc) is 2.43. The zero-order chi connectivity index (χ0) is 17.7. The molecule has 2 aromatic rings. The highest BCUT2D eigenvalue weighted by Gasteiger charge is 2.23. The summed E-state index contributed by atoms with van der Waals surface area (Å²) >= 11 is 0. The zero-order valence-corrected chi connectivity index (χ0v) is 16.5. The molecule has 8 heteroatoms. The Kier molecular flexibility index (Phi) is 4.77. The summed E-state index contributed by atoms with van der Waals surface area (Å²) in [4.78, 5) is 5.04. The van der Waals surface area contributed by atoms with Crippen molar-refractivity contribution in [1.82, 2.24) is 4.98 Å². The number of nitrogens with zero attached hydrogens (tertiary/aromatic N) is 1. The van der Waals surface area contributed by atoms with Crippen molar-refractivity contribution in [3.63, 3.8) is 0 Å². The molecule has 23 heavy (non-hydrogen) atoms. The lowest BCUT2D eigenvalue weighted by Crippen LogP contribution is -2.49. The summed E-state index contributed by atoms with van der Waals surface area (Å²) in [6.45, 7) is 6.82. The van der Waals surface area contributed by atoms with Gasteiger partial charge in [0.2, 0.25) is 0 Å². The van der Waals surface area contributed by atoms with Crippen LogP contribution in [0, 0.1) is 0 Å². The molecule has 0 spiro atoms. The predicted molar refractivity (Wildman–Crippen MR) is 126 cm³/mol. The van der Waals surface area contributed by atoms with E-state index in [0.29, 0.717) is 0 Å². The first-order valence-corrected chi connectivity index (χ1v) is 8.52. The number of pyridine rings is 1. The third-order valence-corrected chi connectivity index (χ3v) is 5.42. The monoisotopic (exact) mass is 295 g/mol. The second-order valence-electron chi connectivity index (χ2n) is 8.04. The molecule has 0 amide bonds. The summed E-state index contributed by atoms with van der Waals surface area (Å²) in [5, 5.41) is 0. The van der Waals surface area contributed by atoms with Gasteiger partial charge in [0.1, 0.15) is 47.1 Å². The zero-order valence-electron chi connectivity index (χ0n) is 16.5. The first-order chi connectivity index (χ1) is 10.5. The topological polar surface area (TPSA) is 12.9 Å². The van der Waals surface area contributed by atoms with Crippen molar-refractivity contribution in [2.45, 2.75) is 26.2 Å². The van der Waals surface area contributed by atoms with Gasteiger partial charge in [-0.05, 0) is 22.1 Å². The quantitative estimate of drug-likeness (QED) is 0.476. The molecule has 1 nitrogen and oxygen atoms in total. The van der Waals surface area contributed by atoms with Crippen LogP contribution in [-0.4, -0.2) is 59.9 Å². The minimum atomic E-state index is 0.124. The molecule has 0 aliphatic carbocycles. The van der Waals surface area contributed by atoms with E-state index < -0.39 is 0 Å². The van der Waals surface area contributed by atoms with Gasteiger partial charge in [-0.2, -0.15) is 0 Å². The summed E-state index contributed by atoms with van der Waals surface area (Å²) in [5.74, 6) is 0. The number of rotatable bonds is 1. The van der Waals surface area contributed by atoms with Crippen LogP contribution in [0.25, 0.3) is 11.3 Å². The van der Waals surface area contributed by atoms with Crippen molar-refractivity contribution in [1.29, 1.82) is 0 Å². The second kappa shape index (κ2) is 6.04. The summed E-state index contributed by atoms with van der Waals surface area (Å²) in [6.07, 6.45) is 0. The number of aromatic nitrogens is 1. The van der Waals surface area contributed by atoms with E-state index in [1.54, 1.807) is 0 Å². The Hall–Kier alpha value is -1.18. The van der Waals surface area contributed by atoms with Crippen LogP contribution in [0.15, 0.2) is 6.07 Å².